The lowest BCUT2D eigenvalue weighted by Crippen LogP contribution is -2.26. The number of hydrogen-bond acceptors (Lipinski definition) is 9. The number of imidazole rings is 1. The van der Waals surface area contributed by atoms with Gasteiger partial charge < -0.3 is 31.1 Å². The molecule has 1 aliphatic heterocycles. The summed E-state index contributed by atoms with van der Waals surface area (Å²) in [7, 11) is -4.71. The van der Waals surface area contributed by atoms with E-state index in [1.165, 1.54) is 10.9 Å². The second-order valence-electron chi connectivity index (χ2n) is 4.97. The molecule has 0 aliphatic carbocycles. The Kier molecular flexibility index (Phi) is 3.96. The first-order valence-corrected chi connectivity index (χ1v) is 8.07. The fourth-order valence-corrected chi connectivity index (χ4v) is 3.06. The third-order valence-corrected chi connectivity index (χ3v) is 3.95. The van der Waals surface area contributed by atoms with Gasteiger partial charge in [-0.05, 0) is 0 Å². The maximum Gasteiger partial charge on any atom is 0.469 e. The Morgan fingerprint density at radius 2 is 2.17 bits per heavy atom. The first-order chi connectivity index (χ1) is 10.8. The summed E-state index contributed by atoms with van der Waals surface area (Å²) in [6, 6.07) is 0. The average Bonchev–Trinajstić information content (AvgIpc) is 3.00. The highest BCUT2D eigenvalue weighted by atomic mass is 31.2. The maximum absolute atomic E-state index is 11.0. The minimum Gasteiger partial charge on any atom is -0.394 e. The molecule has 0 radical (unpaired) electrons. The number of aliphatic hydroxyl groups is 1. The number of rotatable bonds is 4. The van der Waals surface area contributed by atoms with Crippen LogP contribution in [0.2, 0.25) is 0 Å². The number of nitrogen functional groups attached to an aromatic ring is 2. The van der Waals surface area contributed by atoms with Crippen molar-refractivity contribution in [1.29, 1.82) is 0 Å². The molecule has 0 spiro atoms. The number of nitrogens with zero attached hydrogens (tertiary/aromatic N) is 4. The molecule has 1 unspecified atom stereocenters. The Hall–Kier alpha value is -1.82. The van der Waals surface area contributed by atoms with Gasteiger partial charge >= 0.3 is 7.82 Å². The molecule has 1 saturated heterocycles. The highest BCUT2D eigenvalue weighted by Crippen LogP contribution is 2.43. The predicted octanol–water partition coefficient (Wildman–Crippen LogP) is -1.25. The van der Waals surface area contributed by atoms with Gasteiger partial charge in [0.1, 0.15) is 24.0 Å². The predicted molar refractivity (Wildman–Crippen MR) is 76.7 cm³/mol. The smallest absolute Gasteiger partial charge is 0.394 e. The quantitative estimate of drug-likeness (QED) is 0.415. The maximum atomic E-state index is 11.0. The Bertz CT molecular complexity index is 777. The van der Waals surface area contributed by atoms with E-state index < -0.39 is 32.9 Å². The highest BCUT2D eigenvalue weighted by molar-refractivity contribution is 7.46. The monoisotopic (exact) mass is 346 g/mol. The molecule has 0 aromatic carbocycles. The van der Waals surface area contributed by atoms with E-state index in [2.05, 4.69) is 19.5 Å². The van der Waals surface area contributed by atoms with Gasteiger partial charge in [-0.15, -0.1) is 0 Å². The van der Waals surface area contributed by atoms with Crippen LogP contribution < -0.4 is 11.5 Å². The molecule has 3 atom stereocenters. The SMILES string of the molecule is Nc1nc(N)c2ncn([C@H]3CC(OP(=O)(O)O)[C@@H](CO)O3)c2n1. The van der Waals surface area contributed by atoms with Gasteiger partial charge in [0.05, 0.1) is 12.9 Å². The summed E-state index contributed by atoms with van der Waals surface area (Å²) in [6.07, 6.45) is -1.12. The van der Waals surface area contributed by atoms with Gasteiger partial charge in [-0.25, -0.2) is 9.55 Å². The highest BCUT2D eigenvalue weighted by Gasteiger charge is 2.40. The van der Waals surface area contributed by atoms with Gasteiger partial charge in [0, 0.05) is 6.42 Å². The molecular formula is C10H15N6O6P. The number of fused-ring (bicyclic) bond motifs is 1. The summed E-state index contributed by atoms with van der Waals surface area (Å²) in [5.74, 6) is 0.0578. The number of aliphatic hydroxyl groups excluding tert-OH is 1. The van der Waals surface area contributed by atoms with Crippen LogP contribution in [0.25, 0.3) is 11.2 Å². The van der Waals surface area contributed by atoms with E-state index in [9.17, 15) is 9.67 Å². The second-order valence-corrected chi connectivity index (χ2v) is 6.16. The van der Waals surface area contributed by atoms with Gasteiger partial charge in [-0.1, -0.05) is 0 Å². The van der Waals surface area contributed by atoms with Crippen LogP contribution in [0.3, 0.4) is 0 Å². The van der Waals surface area contributed by atoms with E-state index in [4.69, 9.17) is 26.0 Å². The molecular weight excluding hydrogens is 331 g/mol. The zero-order valence-electron chi connectivity index (χ0n) is 11.7. The van der Waals surface area contributed by atoms with Crippen molar-refractivity contribution in [1.82, 2.24) is 19.5 Å². The number of anilines is 2. The fraction of sp³-hybridized carbons (Fsp3) is 0.500. The van der Waals surface area contributed by atoms with Crippen LogP contribution in [-0.2, 0) is 13.8 Å². The molecule has 1 fully saturated rings. The largest absolute Gasteiger partial charge is 0.469 e. The van der Waals surface area contributed by atoms with E-state index >= 15 is 0 Å². The lowest BCUT2D eigenvalue weighted by molar-refractivity contribution is -0.0425. The number of phosphoric ester groups is 1. The molecule has 3 heterocycles. The van der Waals surface area contributed by atoms with Crippen LogP contribution in [-0.4, -0.2) is 53.2 Å². The summed E-state index contributed by atoms with van der Waals surface area (Å²) < 4.78 is 22.7. The Labute approximate surface area is 129 Å². The van der Waals surface area contributed by atoms with Crippen molar-refractivity contribution in [2.24, 2.45) is 0 Å². The van der Waals surface area contributed by atoms with Gasteiger partial charge in [0.2, 0.25) is 5.95 Å². The van der Waals surface area contributed by atoms with Gasteiger partial charge in [-0.3, -0.25) is 9.09 Å². The first-order valence-electron chi connectivity index (χ1n) is 6.54. The van der Waals surface area contributed by atoms with Crippen molar-refractivity contribution >= 4 is 30.8 Å². The third-order valence-electron chi connectivity index (χ3n) is 3.41. The minimum atomic E-state index is -4.71. The van der Waals surface area contributed by atoms with Crippen LogP contribution in [0.5, 0.6) is 0 Å². The molecule has 0 saturated carbocycles. The van der Waals surface area contributed by atoms with E-state index in [1.54, 1.807) is 0 Å². The van der Waals surface area contributed by atoms with Crippen molar-refractivity contribution < 1.29 is 28.7 Å². The summed E-state index contributed by atoms with van der Waals surface area (Å²) in [6.45, 7) is -0.465. The lowest BCUT2D eigenvalue weighted by atomic mass is 10.2. The molecule has 2 aromatic heterocycles. The van der Waals surface area contributed by atoms with Gasteiger partial charge in [-0.2, -0.15) is 9.97 Å². The van der Waals surface area contributed by atoms with Gasteiger partial charge in [0.25, 0.3) is 0 Å². The first kappa shape index (κ1) is 16.1. The third kappa shape index (κ3) is 3.13. The second kappa shape index (κ2) is 5.67. The standard InChI is InChI=1S/C10H15N6O6P/c11-8-7-9(15-10(12)14-8)16(3-13-7)6-1-4(5(2-17)21-6)22-23(18,19)20/h3-6,17H,1-2H2,(H2,18,19,20)(H4,11,12,14,15)/t4?,5-,6-/m1/s1. The molecule has 12 nitrogen and oxygen atoms in total. The van der Waals surface area contributed by atoms with Crippen LogP contribution >= 0.6 is 7.82 Å². The molecule has 1 aliphatic rings. The summed E-state index contributed by atoms with van der Waals surface area (Å²) in [4.78, 5) is 29.8. The van der Waals surface area contributed by atoms with Crippen LogP contribution in [0, 0.1) is 0 Å². The zero-order valence-corrected chi connectivity index (χ0v) is 12.6. The summed E-state index contributed by atoms with van der Waals surface area (Å²) >= 11 is 0. The molecule has 23 heavy (non-hydrogen) atoms. The van der Waals surface area contributed by atoms with E-state index in [-0.39, 0.29) is 18.2 Å². The van der Waals surface area contributed by atoms with Crippen molar-refractivity contribution in [3.8, 4) is 0 Å². The number of ether oxygens (including phenoxy) is 1. The molecule has 0 bridgehead atoms. The van der Waals surface area contributed by atoms with Crippen LogP contribution in [0.1, 0.15) is 12.6 Å². The minimum absolute atomic E-state index is 0.0449. The summed E-state index contributed by atoms with van der Waals surface area (Å²) in [5, 5.41) is 9.30. The molecule has 2 aromatic rings. The Morgan fingerprint density at radius 3 is 2.83 bits per heavy atom. The summed E-state index contributed by atoms with van der Waals surface area (Å²) in [5.41, 5.74) is 11.9. The molecule has 0 amide bonds. The van der Waals surface area contributed by atoms with Gasteiger partial charge in [0.15, 0.2) is 11.5 Å². The Morgan fingerprint density at radius 1 is 1.43 bits per heavy atom. The lowest BCUT2D eigenvalue weighted by Gasteiger charge is -2.16. The topological polar surface area (TPSA) is 192 Å². The fourth-order valence-electron chi connectivity index (χ4n) is 2.49. The number of phosphoric acid groups is 1. The normalized spacial score (nSPS) is 25.3. The number of nitrogens with two attached hydrogens (primary N) is 2. The van der Waals surface area contributed by atoms with E-state index in [1.807, 2.05) is 0 Å². The van der Waals surface area contributed by atoms with Crippen LogP contribution in [0.4, 0.5) is 11.8 Å². The number of aromatic nitrogens is 4. The average molecular weight is 346 g/mol. The van der Waals surface area contributed by atoms with E-state index in [0.29, 0.717) is 11.2 Å². The van der Waals surface area contributed by atoms with Crippen LogP contribution in [0.15, 0.2) is 6.33 Å². The van der Waals surface area contributed by atoms with Crippen molar-refractivity contribution in [3.05, 3.63) is 6.33 Å². The number of hydrogen-bond donors (Lipinski definition) is 5. The van der Waals surface area contributed by atoms with Crippen molar-refractivity contribution in [3.63, 3.8) is 0 Å². The molecule has 3 rings (SSSR count). The Balaban J connectivity index is 1.92. The molecule has 7 N–H and O–H groups in total. The van der Waals surface area contributed by atoms with Crippen molar-refractivity contribution in [2.45, 2.75) is 24.9 Å². The van der Waals surface area contributed by atoms with E-state index in [0.717, 1.165) is 0 Å². The molecule has 13 heteroatoms. The zero-order chi connectivity index (χ0) is 16.8. The molecule has 126 valence electrons. The van der Waals surface area contributed by atoms with Crippen molar-refractivity contribution in [2.75, 3.05) is 18.1 Å².